The third-order valence-corrected chi connectivity index (χ3v) is 3.65. The van der Waals surface area contributed by atoms with E-state index in [4.69, 9.17) is 4.74 Å². The molecule has 0 saturated carbocycles. The first-order valence-corrected chi connectivity index (χ1v) is 5.95. The number of aryl methyl sites for hydroxylation is 1. The van der Waals surface area contributed by atoms with Crippen LogP contribution in [0.1, 0.15) is 25.8 Å². The van der Waals surface area contributed by atoms with Gasteiger partial charge in [0.15, 0.2) is 0 Å². The van der Waals surface area contributed by atoms with Crippen molar-refractivity contribution in [1.82, 2.24) is 9.78 Å². The number of carbonyl (C=O) groups is 1. The van der Waals surface area contributed by atoms with Crippen molar-refractivity contribution < 1.29 is 14.6 Å². The molecule has 2 unspecified atom stereocenters. The molecule has 2 atom stereocenters. The van der Waals surface area contributed by atoms with Gasteiger partial charge in [-0.1, -0.05) is 0 Å². The predicted octanol–water partition coefficient (Wildman–Crippen LogP) is 1.33. The van der Waals surface area contributed by atoms with Crippen molar-refractivity contribution in [2.45, 2.75) is 39.3 Å². The summed E-state index contributed by atoms with van der Waals surface area (Å²) in [4.78, 5) is 11.5. The molecular formula is C12H18N2O3. The fraction of sp³-hybridized carbons (Fsp3) is 0.667. The van der Waals surface area contributed by atoms with Crippen LogP contribution in [-0.2, 0) is 22.5 Å². The van der Waals surface area contributed by atoms with E-state index in [-0.39, 0.29) is 6.10 Å². The average Bonchev–Trinajstić information content (AvgIpc) is 2.88. The second-order valence-electron chi connectivity index (χ2n) is 4.61. The highest BCUT2D eigenvalue weighted by atomic mass is 16.5. The van der Waals surface area contributed by atoms with Crippen LogP contribution in [0.3, 0.4) is 0 Å². The molecule has 0 aromatic carbocycles. The number of ether oxygens (including phenoxy) is 1. The van der Waals surface area contributed by atoms with Crippen molar-refractivity contribution in [3.05, 3.63) is 18.0 Å². The van der Waals surface area contributed by atoms with Crippen LogP contribution < -0.4 is 0 Å². The van der Waals surface area contributed by atoms with E-state index in [2.05, 4.69) is 5.10 Å². The predicted molar refractivity (Wildman–Crippen MR) is 61.7 cm³/mol. The van der Waals surface area contributed by atoms with Gasteiger partial charge >= 0.3 is 5.97 Å². The summed E-state index contributed by atoms with van der Waals surface area (Å²) < 4.78 is 7.24. The Kier molecular flexibility index (Phi) is 3.19. The number of hydrogen-bond donors (Lipinski definition) is 1. The molecule has 0 spiro atoms. The summed E-state index contributed by atoms with van der Waals surface area (Å²) in [7, 11) is 0. The minimum absolute atomic E-state index is 0.245. The highest BCUT2D eigenvalue weighted by Crippen LogP contribution is 2.38. The molecular weight excluding hydrogens is 220 g/mol. The number of aliphatic carboxylic acids is 1. The first kappa shape index (κ1) is 12.1. The van der Waals surface area contributed by atoms with Gasteiger partial charge in [0.2, 0.25) is 0 Å². The summed E-state index contributed by atoms with van der Waals surface area (Å²) in [5, 5.41) is 13.6. The lowest BCUT2D eigenvalue weighted by atomic mass is 9.77. The van der Waals surface area contributed by atoms with Crippen molar-refractivity contribution in [1.29, 1.82) is 0 Å². The zero-order valence-electron chi connectivity index (χ0n) is 10.2. The minimum atomic E-state index is -0.790. The van der Waals surface area contributed by atoms with Gasteiger partial charge in [0.1, 0.15) is 0 Å². The minimum Gasteiger partial charge on any atom is -0.481 e. The molecule has 2 rings (SSSR count). The average molecular weight is 238 g/mol. The van der Waals surface area contributed by atoms with Crippen molar-refractivity contribution in [3.63, 3.8) is 0 Å². The van der Waals surface area contributed by atoms with Gasteiger partial charge in [0.25, 0.3) is 0 Å². The maximum absolute atomic E-state index is 11.5. The van der Waals surface area contributed by atoms with Crippen LogP contribution in [0.5, 0.6) is 0 Å². The highest BCUT2D eigenvalue weighted by Gasteiger charge is 2.48. The van der Waals surface area contributed by atoms with Gasteiger partial charge in [-0.2, -0.15) is 5.10 Å². The second kappa shape index (κ2) is 4.49. The van der Waals surface area contributed by atoms with Crippen molar-refractivity contribution in [2.75, 3.05) is 6.61 Å². The van der Waals surface area contributed by atoms with Crippen molar-refractivity contribution >= 4 is 5.97 Å². The lowest BCUT2D eigenvalue weighted by Gasteiger charge is -2.26. The monoisotopic (exact) mass is 238 g/mol. The lowest BCUT2D eigenvalue weighted by molar-refractivity contribution is -0.151. The van der Waals surface area contributed by atoms with Crippen molar-refractivity contribution in [2.24, 2.45) is 5.41 Å². The van der Waals surface area contributed by atoms with Crippen molar-refractivity contribution in [3.8, 4) is 0 Å². The smallest absolute Gasteiger partial charge is 0.312 e. The molecule has 1 aromatic heterocycles. The van der Waals surface area contributed by atoms with E-state index in [0.29, 0.717) is 19.4 Å². The van der Waals surface area contributed by atoms with Crippen LogP contribution >= 0.6 is 0 Å². The highest BCUT2D eigenvalue weighted by molar-refractivity contribution is 5.76. The number of aromatic nitrogens is 2. The zero-order chi connectivity index (χ0) is 12.5. The SMILES string of the molecule is CCn1cc(CC2(C(=O)O)CCOC2C)cn1. The molecule has 2 heterocycles. The summed E-state index contributed by atoms with van der Waals surface area (Å²) in [6, 6.07) is 0. The summed E-state index contributed by atoms with van der Waals surface area (Å²) in [6.45, 7) is 5.16. The van der Waals surface area contributed by atoms with Crippen LogP contribution in [0.2, 0.25) is 0 Å². The van der Waals surface area contributed by atoms with Crippen LogP contribution in [-0.4, -0.2) is 33.6 Å². The normalized spacial score (nSPS) is 28.5. The van der Waals surface area contributed by atoms with Gasteiger partial charge in [0.05, 0.1) is 17.7 Å². The van der Waals surface area contributed by atoms with Gasteiger partial charge in [-0.05, 0) is 32.3 Å². The Balaban J connectivity index is 2.21. The van der Waals surface area contributed by atoms with Gasteiger partial charge in [0, 0.05) is 19.3 Å². The Bertz CT molecular complexity index is 416. The van der Waals surface area contributed by atoms with Gasteiger partial charge in [-0.15, -0.1) is 0 Å². The van der Waals surface area contributed by atoms with E-state index in [1.807, 2.05) is 24.7 Å². The van der Waals surface area contributed by atoms with Crippen LogP contribution in [0.4, 0.5) is 0 Å². The third-order valence-electron chi connectivity index (χ3n) is 3.65. The molecule has 0 radical (unpaired) electrons. The summed E-state index contributed by atoms with van der Waals surface area (Å²) in [5.74, 6) is -0.772. The summed E-state index contributed by atoms with van der Waals surface area (Å²) in [5.41, 5.74) is 0.174. The topological polar surface area (TPSA) is 64.4 Å². The van der Waals surface area contributed by atoms with E-state index >= 15 is 0 Å². The van der Waals surface area contributed by atoms with E-state index < -0.39 is 11.4 Å². The fourth-order valence-electron chi connectivity index (χ4n) is 2.40. The molecule has 1 N–H and O–H groups in total. The van der Waals surface area contributed by atoms with Crippen LogP contribution in [0.25, 0.3) is 0 Å². The van der Waals surface area contributed by atoms with Gasteiger partial charge < -0.3 is 9.84 Å². The molecule has 1 saturated heterocycles. The quantitative estimate of drug-likeness (QED) is 0.859. The number of nitrogens with zero attached hydrogens (tertiary/aromatic N) is 2. The molecule has 1 aromatic rings. The standard InChI is InChI=1S/C12H18N2O3/c1-3-14-8-10(7-13-14)6-12(11(15)16)4-5-17-9(12)2/h7-9H,3-6H2,1-2H3,(H,15,16). The fourth-order valence-corrected chi connectivity index (χ4v) is 2.40. The van der Waals surface area contributed by atoms with E-state index in [1.54, 1.807) is 6.20 Å². The van der Waals surface area contributed by atoms with Crippen LogP contribution in [0.15, 0.2) is 12.4 Å². The Hall–Kier alpha value is -1.36. The third kappa shape index (κ3) is 2.07. The molecule has 17 heavy (non-hydrogen) atoms. The largest absolute Gasteiger partial charge is 0.481 e. The Labute approximate surface area is 100 Å². The lowest BCUT2D eigenvalue weighted by Crippen LogP contribution is -2.39. The maximum Gasteiger partial charge on any atom is 0.312 e. The summed E-state index contributed by atoms with van der Waals surface area (Å²) in [6.07, 6.45) is 4.48. The molecule has 1 fully saturated rings. The molecule has 1 aliphatic heterocycles. The van der Waals surface area contributed by atoms with Gasteiger partial charge in [-0.25, -0.2) is 0 Å². The van der Waals surface area contributed by atoms with E-state index in [0.717, 1.165) is 12.1 Å². The van der Waals surface area contributed by atoms with E-state index in [1.165, 1.54) is 0 Å². The Morgan fingerprint density at radius 2 is 2.53 bits per heavy atom. The molecule has 5 heteroatoms. The number of rotatable bonds is 4. The number of hydrogen-bond acceptors (Lipinski definition) is 3. The van der Waals surface area contributed by atoms with Gasteiger partial charge in [-0.3, -0.25) is 9.48 Å². The number of carboxylic acids is 1. The molecule has 5 nitrogen and oxygen atoms in total. The molecule has 0 amide bonds. The maximum atomic E-state index is 11.5. The molecule has 94 valence electrons. The molecule has 1 aliphatic rings. The van der Waals surface area contributed by atoms with E-state index in [9.17, 15) is 9.90 Å². The Morgan fingerprint density at radius 3 is 3.00 bits per heavy atom. The number of carboxylic acid groups (broad SMARTS) is 1. The first-order valence-electron chi connectivity index (χ1n) is 5.95. The molecule has 0 bridgehead atoms. The zero-order valence-corrected chi connectivity index (χ0v) is 10.2. The Morgan fingerprint density at radius 1 is 1.76 bits per heavy atom. The van der Waals surface area contributed by atoms with Crippen LogP contribution in [0, 0.1) is 5.41 Å². The second-order valence-corrected chi connectivity index (χ2v) is 4.61. The molecule has 0 aliphatic carbocycles. The summed E-state index contributed by atoms with van der Waals surface area (Å²) >= 11 is 0. The first-order chi connectivity index (χ1) is 8.08.